The van der Waals surface area contributed by atoms with Gasteiger partial charge in [-0.1, -0.05) is 12.1 Å². The highest BCUT2D eigenvalue weighted by Gasteiger charge is 2.37. The van der Waals surface area contributed by atoms with Crippen LogP contribution >= 0.6 is 0 Å². The summed E-state index contributed by atoms with van der Waals surface area (Å²) >= 11 is 0. The van der Waals surface area contributed by atoms with E-state index in [0.717, 1.165) is 31.1 Å². The highest BCUT2D eigenvalue weighted by Crippen LogP contribution is 2.34. The molecule has 3 rings (SSSR count). The van der Waals surface area contributed by atoms with Gasteiger partial charge >= 0.3 is 6.61 Å². The lowest BCUT2D eigenvalue weighted by Gasteiger charge is -2.41. The first-order valence-electron chi connectivity index (χ1n) is 7.66. The van der Waals surface area contributed by atoms with Crippen molar-refractivity contribution in [3.05, 3.63) is 29.8 Å². The van der Waals surface area contributed by atoms with Crippen molar-refractivity contribution in [3.63, 3.8) is 0 Å². The van der Waals surface area contributed by atoms with Crippen molar-refractivity contribution in [2.75, 3.05) is 19.6 Å². The molecule has 0 aromatic heterocycles. The normalized spacial score (nSPS) is 27.6. The molecule has 5 heteroatoms. The van der Waals surface area contributed by atoms with Crippen LogP contribution in [-0.4, -0.2) is 37.2 Å². The summed E-state index contributed by atoms with van der Waals surface area (Å²) in [7, 11) is 0. The number of ether oxygens (including phenoxy) is 1. The number of rotatable bonds is 4. The second kappa shape index (κ2) is 6.28. The van der Waals surface area contributed by atoms with Crippen molar-refractivity contribution >= 4 is 0 Å². The largest absolute Gasteiger partial charge is 0.435 e. The number of halogens is 2. The van der Waals surface area contributed by atoms with Crippen molar-refractivity contribution in [2.24, 2.45) is 5.92 Å². The van der Waals surface area contributed by atoms with Crippen molar-refractivity contribution in [1.29, 1.82) is 0 Å². The fraction of sp³-hybridized carbons (Fsp3) is 0.625. The molecule has 0 spiro atoms. The Bertz CT molecular complexity index is 483. The molecule has 2 aliphatic rings. The molecule has 2 saturated heterocycles. The number of nitrogens with one attached hydrogen (secondary N) is 1. The first-order valence-corrected chi connectivity index (χ1v) is 7.66. The Balaban J connectivity index is 1.76. The first kappa shape index (κ1) is 14.7. The van der Waals surface area contributed by atoms with Crippen LogP contribution in [-0.2, 0) is 0 Å². The second-order valence-electron chi connectivity index (χ2n) is 5.99. The Labute approximate surface area is 124 Å². The molecule has 2 aliphatic heterocycles. The number of piperidine rings is 1. The lowest BCUT2D eigenvalue weighted by molar-refractivity contribution is -0.0499. The molecule has 116 valence electrons. The molecule has 2 fully saturated rings. The van der Waals surface area contributed by atoms with Crippen LogP contribution in [0, 0.1) is 5.92 Å². The monoisotopic (exact) mass is 296 g/mol. The minimum Gasteiger partial charge on any atom is -0.435 e. The molecule has 3 atom stereocenters. The van der Waals surface area contributed by atoms with Gasteiger partial charge in [0.15, 0.2) is 0 Å². The third-order valence-electron chi connectivity index (χ3n) is 4.78. The number of benzene rings is 1. The summed E-state index contributed by atoms with van der Waals surface area (Å²) in [6.45, 7) is 2.59. The molecule has 3 unspecified atom stereocenters. The van der Waals surface area contributed by atoms with Crippen LogP contribution in [0.25, 0.3) is 0 Å². The first-order chi connectivity index (χ1) is 10.1. The zero-order chi connectivity index (χ0) is 14.8. The standard InChI is InChI=1S/C16H22F2N2O/c1-11(12-4-2-6-14(8-12)21-16(17)18)20-7-3-5-13-9-19-10-15(13)20/h2,4,6,8,11,13,15-16,19H,3,5,7,9-10H2,1H3. The van der Waals surface area contributed by atoms with E-state index in [-0.39, 0.29) is 11.8 Å². The third-order valence-corrected chi connectivity index (χ3v) is 4.78. The maximum Gasteiger partial charge on any atom is 0.387 e. The summed E-state index contributed by atoms with van der Waals surface area (Å²) in [6.07, 6.45) is 2.50. The molecular formula is C16H22F2N2O. The van der Waals surface area contributed by atoms with Gasteiger partial charge in [-0.25, -0.2) is 0 Å². The molecule has 0 bridgehead atoms. The van der Waals surface area contributed by atoms with Crippen LogP contribution in [0.15, 0.2) is 24.3 Å². The van der Waals surface area contributed by atoms with E-state index in [1.54, 1.807) is 18.2 Å². The van der Waals surface area contributed by atoms with Gasteiger partial charge in [-0.2, -0.15) is 8.78 Å². The molecule has 1 aromatic rings. The number of likely N-dealkylation sites (tertiary alicyclic amines) is 1. The van der Waals surface area contributed by atoms with Crippen LogP contribution in [0.3, 0.4) is 0 Å². The maximum atomic E-state index is 12.3. The molecule has 21 heavy (non-hydrogen) atoms. The summed E-state index contributed by atoms with van der Waals surface area (Å²) in [5.74, 6) is 0.967. The Kier molecular flexibility index (Phi) is 4.40. The van der Waals surface area contributed by atoms with Crippen molar-refractivity contribution in [1.82, 2.24) is 10.2 Å². The lowest BCUT2D eigenvalue weighted by atomic mass is 9.89. The third kappa shape index (κ3) is 3.19. The average Bonchev–Trinajstić information content (AvgIpc) is 2.94. The Morgan fingerprint density at radius 2 is 2.19 bits per heavy atom. The molecule has 1 aromatic carbocycles. The van der Waals surface area contributed by atoms with Crippen LogP contribution in [0.4, 0.5) is 8.78 Å². The van der Waals surface area contributed by atoms with Gasteiger partial charge in [-0.3, -0.25) is 4.90 Å². The van der Waals surface area contributed by atoms with Crippen molar-refractivity contribution < 1.29 is 13.5 Å². The summed E-state index contributed by atoms with van der Waals surface area (Å²) in [5.41, 5.74) is 1.04. The zero-order valence-electron chi connectivity index (χ0n) is 12.3. The lowest BCUT2D eigenvalue weighted by Crippen LogP contribution is -2.46. The van der Waals surface area contributed by atoms with Crippen LogP contribution < -0.4 is 10.1 Å². The number of fused-ring (bicyclic) bond motifs is 1. The maximum absolute atomic E-state index is 12.3. The molecule has 0 amide bonds. The van der Waals surface area contributed by atoms with E-state index in [0.29, 0.717) is 6.04 Å². The van der Waals surface area contributed by atoms with Crippen molar-refractivity contribution in [3.8, 4) is 5.75 Å². The van der Waals surface area contributed by atoms with Gasteiger partial charge in [-0.15, -0.1) is 0 Å². The number of hydrogen-bond donors (Lipinski definition) is 1. The fourth-order valence-corrected chi connectivity index (χ4v) is 3.73. The zero-order valence-corrected chi connectivity index (χ0v) is 12.3. The second-order valence-corrected chi connectivity index (χ2v) is 5.99. The average molecular weight is 296 g/mol. The van der Waals surface area contributed by atoms with E-state index in [2.05, 4.69) is 21.9 Å². The number of hydrogen-bond acceptors (Lipinski definition) is 3. The van der Waals surface area contributed by atoms with Gasteiger partial charge in [0.2, 0.25) is 0 Å². The SMILES string of the molecule is CC(c1cccc(OC(F)F)c1)N1CCCC2CNCC21. The highest BCUT2D eigenvalue weighted by molar-refractivity contribution is 5.30. The highest BCUT2D eigenvalue weighted by atomic mass is 19.3. The van der Waals surface area contributed by atoms with E-state index in [4.69, 9.17) is 0 Å². The van der Waals surface area contributed by atoms with Crippen LogP contribution in [0.2, 0.25) is 0 Å². The predicted octanol–water partition coefficient (Wildman–Crippen LogP) is 3.03. The van der Waals surface area contributed by atoms with Crippen LogP contribution in [0.1, 0.15) is 31.4 Å². The van der Waals surface area contributed by atoms with E-state index in [1.165, 1.54) is 12.8 Å². The summed E-state index contributed by atoms with van der Waals surface area (Å²) in [4.78, 5) is 2.51. The van der Waals surface area contributed by atoms with E-state index in [9.17, 15) is 8.78 Å². The predicted molar refractivity (Wildman–Crippen MR) is 77.6 cm³/mol. The fourth-order valence-electron chi connectivity index (χ4n) is 3.73. The molecule has 2 heterocycles. The molecule has 0 aliphatic carbocycles. The van der Waals surface area contributed by atoms with Gasteiger partial charge in [0.25, 0.3) is 0 Å². The van der Waals surface area contributed by atoms with E-state index < -0.39 is 6.61 Å². The van der Waals surface area contributed by atoms with Gasteiger partial charge in [0.1, 0.15) is 5.75 Å². The Morgan fingerprint density at radius 1 is 1.33 bits per heavy atom. The van der Waals surface area contributed by atoms with Gasteiger partial charge in [-0.05, 0) is 56.5 Å². The molecule has 1 N–H and O–H groups in total. The number of alkyl halides is 2. The summed E-state index contributed by atoms with van der Waals surface area (Å²) < 4.78 is 29.2. The van der Waals surface area contributed by atoms with Gasteiger partial charge in [0.05, 0.1) is 0 Å². The summed E-state index contributed by atoms with van der Waals surface area (Å²) in [6, 6.07) is 7.89. The van der Waals surface area contributed by atoms with E-state index >= 15 is 0 Å². The molecule has 3 nitrogen and oxygen atoms in total. The smallest absolute Gasteiger partial charge is 0.387 e. The van der Waals surface area contributed by atoms with Crippen LogP contribution in [0.5, 0.6) is 5.75 Å². The summed E-state index contributed by atoms with van der Waals surface area (Å²) in [5, 5.41) is 3.47. The van der Waals surface area contributed by atoms with Gasteiger partial charge < -0.3 is 10.1 Å². The Morgan fingerprint density at radius 3 is 3.00 bits per heavy atom. The van der Waals surface area contributed by atoms with E-state index in [1.807, 2.05) is 6.07 Å². The topological polar surface area (TPSA) is 24.5 Å². The minimum absolute atomic E-state index is 0.221. The van der Waals surface area contributed by atoms with Crippen molar-refractivity contribution in [2.45, 2.75) is 38.5 Å². The van der Waals surface area contributed by atoms with Gasteiger partial charge in [0, 0.05) is 18.6 Å². The Hall–Kier alpha value is -1.20. The quantitative estimate of drug-likeness (QED) is 0.924. The number of nitrogens with zero attached hydrogens (tertiary/aromatic N) is 1. The molecular weight excluding hydrogens is 274 g/mol. The minimum atomic E-state index is -2.77. The molecule has 0 saturated carbocycles. The molecule has 0 radical (unpaired) electrons.